The Morgan fingerprint density at radius 2 is 0.903 bits per heavy atom. The van der Waals surface area contributed by atoms with E-state index in [0.717, 1.165) is 11.5 Å². The van der Waals surface area contributed by atoms with Crippen LogP contribution in [0.3, 0.4) is 0 Å². The normalized spacial score (nSPS) is 14.0. The standard InChI is InChI=1S/C27H40O4/c1-19(2)17-28-21(5)30-25-13-9-23(10-14-25)27(7,8)24-11-15-26(16-12-24)31-22(6)29-18-20(3)4/h9-16,19-22H,17-18H2,1-8H3. The minimum absolute atomic E-state index is 0.142. The fourth-order valence-corrected chi connectivity index (χ4v) is 3.17. The van der Waals surface area contributed by atoms with Crippen molar-refractivity contribution in [3.05, 3.63) is 59.7 Å². The van der Waals surface area contributed by atoms with E-state index in [-0.39, 0.29) is 18.0 Å². The molecule has 0 saturated carbocycles. The van der Waals surface area contributed by atoms with Gasteiger partial charge in [-0.2, -0.15) is 0 Å². The second-order valence-electron chi connectivity index (χ2n) is 9.50. The predicted octanol–water partition coefficient (Wildman–Crippen LogP) is 6.81. The van der Waals surface area contributed by atoms with Crippen LogP contribution in [-0.4, -0.2) is 25.8 Å². The van der Waals surface area contributed by atoms with Crippen LogP contribution >= 0.6 is 0 Å². The molecule has 4 heteroatoms. The Morgan fingerprint density at radius 3 is 1.19 bits per heavy atom. The van der Waals surface area contributed by atoms with Crippen LogP contribution in [0, 0.1) is 11.8 Å². The maximum absolute atomic E-state index is 5.87. The lowest BCUT2D eigenvalue weighted by molar-refractivity contribution is -0.0758. The van der Waals surface area contributed by atoms with E-state index in [1.807, 2.05) is 38.1 Å². The molecule has 0 aromatic heterocycles. The van der Waals surface area contributed by atoms with Gasteiger partial charge in [0.25, 0.3) is 0 Å². The van der Waals surface area contributed by atoms with E-state index in [4.69, 9.17) is 18.9 Å². The zero-order chi connectivity index (χ0) is 23.0. The Kier molecular flexibility index (Phi) is 9.39. The summed E-state index contributed by atoms with van der Waals surface area (Å²) in [4.78, 5) is 0. The third kappa shape index (κ3) is 8.19. The lowest BCUT2D eigenvalue weighted by Gasteiger charge is -2.27. The zero-order valence-electron chi connectivity index (χ0n) is 20.5. The third-order valence-electron chi connectivity index (χ3n) is 5.08. The lowest BCUT2D eigenvalue weighted by Crippen LogP contribution is -2.21. The molecule has 0 N–H and O–H groups in total. The molecular weight excluding hydrogens is 388 g/mol. The highest BCUT2D eigenvalue weighted by Gasteiger charge is 2.23. The first-order valence-electron chi connectivity index (χ1n) is 11.4. The van der Waals surface area contributed by atoms with Gasteiger partial charge < -0.3 is 18.9 Å². The van der Waals surface area contributed by atoms with Crippen LogP contribution in [0.5, 0.6) is 11.5 Å². The van der Waals surface area contributed by atoms with Crippen molar-refractivity contribution in [3.8, 4) is 11.5 Å². The summed E-state index contributed by atoms with van der Waals surface area (Å²) in [5.41, 5.74) is 2.30. The van der Waals surface area contributed by atoms with Gasteiger partial charge in [0.15, 0.2) is 12.6 Å². The molecule has 172 valence electrons. The van der Waals surface area contributed by atoms with Crippen molar-refractivity contribution in [2.45, 2.75) is 73.4 Å². The molecule has 0 amide bonds. The summed E-state index contributed by atoms with van der Waals surface area (Å²) in [6.45, 7) is 18.2. The Bertz CT molecular complexity index is 697. The number of rotatable bonds is 12. The van der Waals surface area contributed by atoms with Crippen LogP contribution in [0.15, 0.2) is 48.5 Å². The molecule has 2 atom stereocenters. The van der Waals surface area contributed by atoms with Crippen molar-refractivity contribution in [3.63, 3.8) is 0 Å². The summed E-state index contributed by atoms with van der Waals surface area (Å²) < 4.78 is 23.1. The van der Waals surface area contributed by atoms with Crippen LogP contribution in [-0.2, 0) is 14.9 Å². The first-order valence-corrected chi connectivity index (χ1v) is 11.4. The summed E-state index contributed by atoms with van der Waals surface area (Å²) in [7, 11) is 0. The van der Waals surface area contributed by atoms with Crippen molar-refractivity contribution in [1.29, 1.82) is 0 Å². The maximum atomic E-state index is 5.87. The molecule has 31 heavy (non-hydrogen) atoms. The topological polar surface area (TPSA) is 36.9 Å². The van der Waals surface area contributed by atoms with Crippen LogP contribution in [0.2, 0.25) is 0 Å². The average Bonchev–Trinajstić information content (AvgIpc) is 2.71. The number of hydrogen-bond donors (Lipinski definition) is 0. The van der Waals surface area contributed by atoms with Crippen molar-refractivity contribution in [2.24, 2.45) is 11.8 Å². The molecule has 0 radical (unpaired) electrons. The number of benzene rings is 2. The smallest absolute Gasteiger partial charge is 0.196 e. The Morgan fingerprint density at radius 1 is 0.581 bits per heavy atom. The predicted molar refractivity (Wildman–Crippen MR) is 127 cm³/mol. The van der Waals surface area contributed by atoms with Gasteiger partial charge >= 0.3 is 0 Å². The molecule has 0 aliphatic rings. The average molecular weight is 429 g/mol. The lowest BCUT2D eigenvalue weighted by atomic mass is 9.78. The van der Waals surface area contributed by atoms with Crippen molar-refractivity contribution >= 4 is 0 Å². The highest BCUT2D eigenvalue weighted by atomic mass is 16.7. The molecule has 2 aromatic rings. The zero-order valence-corrected chi connectivity index (χ0v) is 20.5. The summed E-state index contributed by atoms with van der Waals surface area (Å²) in [6.07, 6.45) is -0.526. The van der Waals surface area contributed by atoms with Gasteiger partial charge in [0.2, 0.25) is 0 Å². The second-order valence-corrected chi connectivity index (χ2v) is 9.50. The van der Waals surface area contributed by atoms with E-state index in [1.54, 1.807) is 0 Å². The summed E-state index contributed by atoms with van der Waals surface area (Å²) in [5, 5.41) is 0. The van der Waals surface area contributed by atoms with Crippen LogP contribution in [0.4, 0.5) is 0 Å². The van der Waals surface area contributed by atoms with Gasteiger partial charge in [0, 0.05) is 5.41 Å². The van der Waals surface area contributed by atoms with Crippen LogP contribution < -0.4 is 9.47 Å². The van der Waals surface area contributed by atoms with Crippen molar-refractivity contribution < 1.29 is 18.9 Å². The summed E-state index contributed by atoms with van der Waals surface area (Å²) in [6, 6.07) is 16.5. The highest BCUT2D eigenvalue weighted by molar-refractivity contribution is 5.41. The van der Waals surface area contributed by atoms with Gasteiger partial charge in [0.05, 0.1) is 13.2 Å². The minimum Gasteiger partial charge on any atom is -0.465 e. The summed E-state index contributed by atoms with van der Waals surface area (Å²) >= 11 is 0. The molecule has 0 bridgehead atoms. The van der Waals surface area contributed by atoms with Gasteiger partial charge in [-0.3, -0.25) is 0 Å². The first-order chi connectivity index (χ1) is 14.6. The van der Waals surface area contributed by atoms with Crippen molar-refractivity contribution in [2.75, 3.05) is 13.2 Å². The van der Waals surface area contributed by atoms with E-state index in [9.17, 15) is 0 Å². The van der Waals surface area contributed by atoms with Crippen molar-refractivity contribution in [1.82, 2.24) is 0 Å². The van der Waals surface area contributed by atoms with Gasteiger partial charge in [-0.1, -0.05) is 65.8 Å². The van der Waals surface area contributed by atoms with E-state index in [0.29, 0.717) is 25.0 Å². The Labute approximate surface area is 188 Å². The quantitative estimate of drug-likeness (QED) is 0.348. The third-order valence-corrected chi connectivity index (χ3v) is 5.08. The molecule has 0 aliphatic heterocycles. The van der Waals surface area contributed by atoms with Crippen LogP contribution in [0.25, 0.3) is 0 Å². The fraction of sp³-hybridized carbons (Fsp3) is 0.556. The minimum atomic E-state index is -0.263. The van der Waals surface area contributed by atoms with Gasteiger partial charge in [-0.05, 0) is 61.1 Å². The molecular formula is C27H40O4. The molecule has 0 heterocycles. The molecule has 0 fully saturated rings. The van der Waals surface area contributed by atoms with E-state index >= 15 is 0 Å². The van der Waals surface area contributed by atoms with E-state index in [1.165, 1.54) is 11.1 Å². The number of ether oxygens (including phenoxy) is 4. The van der Waals surface area contributed by atoms with E-state index < -0.39 is 0 Å². The molecule has 2 aromatic carbocycles. The van der Waals surface area contributed by atoms with Gasteiger partial charge in [0.1, 0.15) is 11.5 Å². The van der Waals surface area contributed by atoms with Crippen LogP contribution in [0.1, 0.15) is 66.5 Å². The van der Waals surface area contributed by atoms with E-state index in [2.05, 4.69) is 65.8 Å². The summed E-state index contributed by atoms with van der Waals surface area (Å²) in [5.74, 6) is 2.61. The SMILES string of the molecule is CC(C)COC(C)Oc1ccc(C(C)(C)c2ccc(OC(C)OCC(C)C)cc2)cc1. The fourth-order valence-electron chi connectivity index (χ4n) is 3.17. The first kappa shape index (κ1) is 25.2. The molecule has 4 nitrogen and oxygen atoms in total. The highest BCUT2D eigenvalue weighted by Crippen LogP contribution is 2.33. The monoisotopic (exact) mass is 428 g/mol. The Balaban J connectivity index is 1.99. The maximum Gasteiger partial charge on any atom is 0.196 e. The Hall–Kier alpha value is -2.04. The molecule has 0 saturated heterocycles. The largest absolute Gasteiger partial charge is 0.465 e. The number of hydrogen-bond acceptors (Lipinski definition) is 4. The molecule has 0 spiro atoms. The molecule has 2 unspecified atom stereocenters. The molecule has 2 rings (SSSR count). The molecule has 0 aliphatic carbocycles. The van der Waals surface area contributed by atoms with Gasteiger partial charge in [-0.15, -0.1) is 0 Å². The van der Waals surface area contributed by atoms with Gasteiger partial charge in [-0.25, -0.2) is 0 Å². The second kappa shape index (κ2) is 11.5.